The summed E-state index contributed by atoms with van der Waals surface area (Å²) in [4.78, 5) is 0.213. The van der Waals surface area contributed by atoms with Crippen LogP contribution in [0.4, 0.5) is 0 Å². The second-order valence-electron chi connectivity index (χ2n) is 6.38. The third-order valence-corrected chi connectivity index (χ3v) is 6.71. The van der Waals surface area contributed by atoms with E-state index in [0.29, 0.717) is 17.9 Å². The number of hydrogen-bond acceptors (Lipinski definition) is 4. The summed E-state index contributed by atoms with van der Waals surface area (Å²) in [7, 11) is -3.80. The van der Waals surface area contributed by atoms with Crippen LogP contribution < -0.4 is 0 Å². The maximum atomic E-state index is 13.3. The molecule has 3 aromatic rings. The van der Waals surface area contributed by atoms with E-state index in [1.54, 1.807) is 42.7 Å². The second-order valence-corrected chi connectivity index (χ2v) is 9.09. The minimum atomic E-state index is -3.80. The zero-order chi connectivity index (χ0) is 19.0. The van der Waals surface area contributed by atoms with Gasteiger partial charge in [0, 0.05) is 10.9 Å². The molecule has 7 heteroatoms. The Bertz CT molecular complexity index is 1070. The number of aryl methyl sites for hydroxylation is 1. The van der Waals surface area contributed by atoms with Crippen LogP contribution in [-0.4, -0.2) is 18.5 Å². The Balaban J connectivity index is 1.78. The van der Waals surface area contributed by atoms with Crippen molar-refractivity contribution in [2.45, 2.75) is 24.3 Å². The van der Waals surface area contributed by atoms with Crippen LogP contribution in [0, 0.1) is 6.92 Å². The van der Waals surface area contributed by atoms with E-state index >= 15 is 0 Å². The van der Waals surface area contributed by atoms with Crippen LogP contribution in [0.3, 0.4) is 0 Å². The summed E-state index contributed by atoms with van der Waals surface area (Å²) >= 11 is 3.42. The number of hydrazone groups is 1. The number of benzene rings is 2. The maximum Gasteiger partial charge on any atom is 0.279 e. The highest BCUT2D eigenvalue weighted by atomic mass is 79.9. The number of furan rings is 1. The Morgan fingerprint density at radius 2 is 1.78 bits per heavy atom. The van der Waals surface area contributed by atoms with Crippen molar-refractivity contribution in [2.24, 2.45) is 5.10 Å². The van der Waals surface area contributed by atoms with Gasteiger partial charge in [-0.15, -0.1) is 0 Å². The molecule has 0 amide bonds. The SMILES string of the molecule is Cc1ccc(S(=O)(=O)N2N=C(c3ccc(Br)cc3)C[C@@H]2c2ccco2)cc1. The van der Waals surface area contributed by atoms with Gasteiger partial charge in [-0.3, -0.25) is 0 Å². The third kappa shape index (κ3) is 3.44. The van der Waals surface area contributed by atoms with Crippen LogP contribution in [0.15, 0.2) is 85.8 Å². The average Bonchev–Trinajstić information content (AvgIpc) is 3.32. The zero-order valence-corrected chi connectivity index (χ0v) is 16.9. The lowest BCUT2D eigenvalue weighted by Gasteiger charge is -2.21. The van der Waals surface area contributed by atoms with Crippen molar-refractivity contribution in [2.75, 3.05) is 0 Å². The predicted molar refractivity (Wildman–Crippen MR) is 107 cm³/mol. The van der Waals surface area contributed by atoms with Gasteiger partial charge in [0.15, 0.2) is 0 Å². The Morgan fingerprint density at radius 1 is 1.07 bits per heavy atom. The van der Waals surface area contributed by atoms with Gasteiger partial charge in [-0.25, -0.2) is 0 Å². The minimum Gasteiger partial charge on any atom is -0.467 e. The number of hydrogen-bond donors (Lipinski definition) is 0. The first-order valence-corrected chi connectivity index (χ1v) is 10.7. The fourth-order valence-electron chi connectivity index (χ4n) is 3.04. The van der Waals surface area contributed by atoms with Gasteiger partial charge in [-0.2, -0.15) is 17.9 Å². The molecule has 0 fully saturated rings. The molecule has 1 aliphatic heterocycles. The molecule has 27 heavy (non-hydrogen) atoms. The Morgan fingerprint density at radius 3 is 2.41 bits per heavy atom. The maximum absolute atomic E-state index is 13.3. The van der Waals surface area contributed by atoms with Crippen LogP contribution >= 0.6 is 15.9 Å². The molecule has 0 bridgehead atoms. The molecule has 0 unspecified atom stereocenters. The molecule has 0 aliphatic carbocycles. The summed E-state index contributed by atoms with van der Waals surface area (Å²) in [5.41, 5.74) is 2.59. The molecule has 0 radical (unpaired) electrons. The molecule has 2 heterocycles. The summed E-state index contributed by atoms with van der Waals surface area (Å²) in [5, 5.41) is 4.48. The lowest BCUT2D eigenvalue weighted by Crippen LogP contribution is -2.27. The summed E-state index contributed by atoms with van der Waals surface area (Å²) in [6, 6.07) is 17.5. The number of sulfonamides is 1. The Hall–Kier alpha value is -2.38. The van der Waals surface area contributed by atoms with Gasteiger partial charge < -0.3 is 4.42 Å². The van der Waals surface area contributed by atoms with Crippen molar-refractivity contribution >= 4 is 31.7 Å². The highest BCUT2D eigenvalue weighted by molar-refractivity contribution is 9.10. The molecule has 0 N–H and O–H groups in total. The van der Waals surface area contributed by atoms with Crippen LogP contribution in [0.2, 0.25) is 0 Å². The Kier molecular flexibility index (Phi) is 4.65. The first-order valence-electron chi connectivity index (χ1n) is 8.43. The molecule has 1 aromatic heterocycles. The quantitative estimate of drug-likeness (QED) is 0.575. The van der Waals surface area contributed by atoms with Crippen molar-refractivity contribution in [3.05, 3.63) is 88.3 Å². The van der Waals surface area contributed by atoms with Gasteiger partial charge >= 0.3 is 0 Å². The summed E-state index contributed by atoms with van der Waals surface area (Å²) in [6.45, 7) is 1.92. The number of rotatable bonds is 4. The van der Waals surface area contributed by atoms with E-state index in [1.807, 2.05) is 31.2 Å². The molecule has 2 aromatic carbocycles. The predicted octanol–water partition coefficient (Wildman–Crippen LogP) is 4.89. The van der Waals surface area contributed by atoms with E-state index in [4.69, 9.17) is 4.42 Å². The minimum absolute atomic E-state index is 0.213. The monoisotopic (exact) mass is 444 g/mol. The van der Waals surface area contributed by atoms with Gasteiger partial charge in [-0.1, -0.05) is 45.8 Å². The van der Waals surface area contributed by atoms with E-state index in [2.05, 4.69) is 21.0 Å². The molecular formula is C20H17BrN2O3S. The lowest BCUT2D eigenvalue weighted by atomic mass is 10.0. The number of halogens is 1. The van der Waals surface area contributed by atoms with Crippen molar-refractivity contribution in [3.63, 3.8) is 0 Å². The largest absolute Gasteiger partial charge is 0.467 e. The summed E-state index contributed by atoms with van der Waals surface area (Å²) in [5.74, 6) is 0.571. The first-order chi connectivity index (χ1) is 12.9. The van der Waals surface area contributed by atoms with Crippen LogP contribution in [0.1, 0.15) is 29.3 Å². The molecule has 4 rings (SSSR count). The molecule has 1 atom stereocenters. The van der Waals surface area contributed by atoms with Crippen molar-refractivity contribution < 1.29 is 12.8 Å². The van der Waals surface area contributed by atoms with E-state index in [-0.39, 0.29) is 4.90 Å². The fraction of sp³-hybridized carbons (Fsp3) is 0.150. The summed E-state index contributed by atoms with van der Waals surface area (Å²) in [6.07, 6.45) is 1.99. The van der Waals surface area contributed by atoms with Gasteiger partial charge in [0.25, 0.3) is 10.0 Å². The molecule has 1 aliphatic rings. The normalized spacial score (nSPS) is 17.2. The van der Waals surface area contributed by atoms with Crippen LogP contribution in [0.5, 0.6) is 0 Å². The standard InChI is InChI=1S/C20H17BrN2O3S/c1-14-4-10-17(11-5-14)27(24,25)23-19(20-3-2-12-26-20)13-18(22-23)15-6-8-16(21)9-7-15/h2-12,19H,13H2,1H3/t19-/m1/s1. The molecule has 0 saturated heterocycles. The number of nitrogens with zero attached hydrogens (tertiary/aromatic N) is 2. The Labute approximate surface area is 166 Å². The van der Waals surface area contributed by atoms with Gasteiger partial charge in [0.2, 0.25) is 0 Å². The average molecular weight is 445 g/mol. The van der Waals surface area contributed by atoms with Gasteiger partial charge in [-0.05, 0) is 48.9 Å². The summed E-state index contributed by atoms with van der Waals surface area (Å²) < 4.78 is 34.1. The van der Waals surface area contributed by atoms with Crippen molar-refractivity contribution in [1.29, 1.82) is 0 Å². The van der Waals surface area contributed by atoms with E-state index in [1.165, 1.54) is 4.41 Å². The highest BCUT2D eigenvalue weighted by Gasteiger charge is 2.39. The smallest absolute Gasteiger partial charge is 0.279 e. The van der Waals surface area contributed by atoms with Crippen LogP contribution in [-0.2, 0) is 10.0 Å². The third-order valence-electron chi connectivity index (χ3n) is 4.49. The van der Waals surface area contributed by atoms with Crippen LogP contribution in [0.25, 0.3) is 0 Å². The second kappa shape index (κ2) is 6.98. The molecule has 0 saturated carbocycles. The van der Waals surface area contributed by atoms with Gasteiger partial charge in [0.05, 0.1) is 16.9 Å². The molecule has 138 valence electrons. The van der Waals surface area contributed by atoms with E-state index in [9.17, 15) is 8.42 Å². The first kappa shape index (κ1) is 18.0. The van der Waals surface area contributed by atoms with E-state index in [0.717, 1.165) is 15.6 Å². The van der Waals surface area contributed by atoms with Crippen molar-refractivity contribution in [3.8, 4) is 0 Å². The fourth-order valence-corrected chi connectivity index (χ4v) is 4.72. The van der Waals surface area contributed by atoms with Crippen molar-refractivity contribution in [1.82, 2.24) is 4.41 Å². The molecular weight excluding hydrogens is 428 g/mol. The lowest BCUT2D eigenvalue weighted by molar-refractivity contribution is 0.320. The molecule has 5 nitrogen and oxygen atoms in total. The van der Waals surface area contributed by atoms with Gasteiger partial charge in [0.1, 0.15) is 11.8 Å². The van der Waals surface area contributed by atoms with E-state index < -0.39 is 16.1 Å². The highest BCUT2D eigenvalue weighted by Crippen LogP contribution is 2.37. The molecule has 0 spiro atoms. The topological polar surface area (TPSA) is 62.9 Å². The zero-order valence-electron chi connectivity index (χ0n) is 14.5.